The van der Waals surface area contributed by atoms with Crippen LogP contribution in [0.25, 0.3) is 0 Å². The van der Waals surface area contributed by atoms with Crippen molar-refractivity contribution in [2.45, 2.75) is 32.7 Å². The zero-order valence-corrected chi connectivity index (χ0v) is 15.2. The molecule has 3 rings (SSSR count). The SMILES string of the molecule is CCCNC(=O)C1CCN(c2ccc(NCc3cccnc3)nn2)CC1. The highest BCUT2D eigenvalue weighted by Crippen LogP contribution is 2.22. The van der Waals surface area contributed by atoms with Gasteiger partial charge in [-0.1, -0.05) is 13.0 Å². The molecule has 0 bridgehead atoms. The summed E-state index contributed by atoms with van der Waals surface area (Å²) in [6.07, 6.45) is 6.28. The highest BCUT2D eigenvalue weighted by Gasteiger charge is 2.25. The van der Waals surface area contributed by atoms with Crippen molar-refractivity contribution in [2.24, 2.45) is 5.92 Å². The van der Waals surface area contributed by atoms with Crippen LogP contribution in [-0.2, 0) is 11.3 Å². The Balaban J connectivity index is 1.48. The first kappa shape index (κ1) is 18.1. The van der Waals surface area contributed by atoms with Gasteiger partial charge in [-0.3, -0.25) is 9.78 Å². The van der Waals surface area contributed by atoms with Crippen LogP contribution >= 0.6 is 0 Å². The summed E-state index contributed by atoms with van der Waals surface area (Å²) in [6, 6.07) is 7.86. The molecule has 1 aliphatic heterocycles. The average Bonchev–Trinajstić information content (AvgIpc) is 2.72. The summed E-state index contributed by atoms with van der Waals surface area (Å²) in [5, 5.41) is 14.8. The van der Waals surface area contributed by atoms with E-state index < -0.39 is 0 Å². The Labute approximate surface area is 154 Å². The van der Waals surface area contributed by atoms with Crippen molar-refractivity contribution in [3.8, 4) is 0 Å². The number of nitrogens with zero attached hydrogens (tertiary/aromatic N) is 4. The second kappa shape index (κ2) is 9.12. The van der Waals surface area contributed by atoms with Gasteiger partial charge >= 0.3 is 0 Å². The van der Waals surface area contributed by atoms with Crippen LogP contribution in [0.2, 0.25) is 0 Å². The summed E-state index contributed by atoms with van der Waals surface area (Å²) >= 11 is 0. The van der Waals surface area contributed by atoms with Crippen LogP contribution < -0.4 is 15.5 Å². The van der Waals surface area contributed by atoms with Crippen LogP contribution in [0.3, 0.4) is 0 Å². The van der Waals surface area contributed by atoms with Gasteiger partial charge in [-0.15, -0.1) is 10.2 Å². The molecular formula is C19H26N6O. The highest BCUT2D eigenvalue weighted by atomic mass is 16.1. The van der Waals surface area contributed by atoms with Gasteiger partial charge in [0.25, 0.3) is 0 Å². The second-order valence-corrected chi connectivity index (χ2v) is 6.54. The third kappa shape index (κ3) is 4.91. The topological polar surface area (TPSA) is 83.0 Å². The van der Waals surface area contributed by atoms with Gasteiger partial charge in [-0.05, 0) is 43.0 Å². The molecule has 0 aromatic carbocycles. The maximum atomic E-state index is 12.1. The average molecular weight is 354 g/mol. The molecule has 0 saturated carbocycles. The number of hydrogen-bond acceptors (Lipinski definition) is 6. The molecule has 1 saturated heterocycles. The van der Waals surface area contributed by atoms with Crippen molar-refractivity contribution in [1.82, 2.24) is 20.5 Å². The zero-order chi connectivity index (χ0) is 18.2. The van der Waals surface area contributed by atoms with E-state index >= 15 is 0 Å². The highest BCUT2D eigenvalue weighted by molar-refractivity contribution is 5.78. The predicted molar refractivity (Wildman–Crippen MR) is 102 cm³/mol. The van der Waals surface area contributed by atoms with E-state index in [-0.39, 0.29) is 11.8 Å². The van der Waals surface area contributed by atoms with E-state index in [2.05, 4.69) is 37.6 Å². The van der Waals surface area contributed by atoms with Crippen LogP contribution in [0.1, 0.15) is 31.7 Å². The van der Waals surface area contributed by atoms with Crippen LogP contribution in [-0.4, -0.2) is 40.7 Å². The van der Waals surface area contributed by atoms with Crippen molar-refractivity contribution < 1.29 is 4.79 Å². The normalized spacial score (nSPS) is 14.9. The van der Waals surface area contributed by atoms with Gasteiger partial charge in [0.2, 0.25) is 5.91 Å². The number of rotatable bonds is 7. The Kier molecular flexibility index (Phi) is 6.35. The number of aromatic nitrogens is 3. The number of nitrogens with one attached hydrogen (secondary N) is 2. The van der Waals surface area contributed by atoms with Crippen molar-refractivity contribution in [3.63, 3.8) is 0 Å². The number of piperidine rings is 1. The molecule has 1 aliphatic rings. The summed E-state index contributed by atoms with van der Waals surface area (Å²) < 4.78 is 0. The predicted octanol–water partition coefficient (Wildman–Crippen LogP) is 2.23. The third-order valence-corrected chi connectivity index (χ3v) is 4.59. The molecule has 1 fully saturated rings. The Morgan fingerprint density at radius 3 is 2.73 bits per heavy atom. The molecular weight excluding hydrogens is 328 g/mol. The minimum absolute atomic E-state index is 0.117. The van der Waals surface area contributed by atoms with Crippen molar-refractivity contribution >= 4 is 17.5 Å². The van der Waals surface area contributed by atoms with Crippen molar-refractivity contribution in [3.05, 3.63) is 42.2 Å². The number of pyridine rings is 1. The van der Waals surface area contributed by atoms with E-state index in [0.717, 1.165) is 56.1 Å². The molecule has 0 atom stereocenters. The summed E-state index contributed by atoms with van der Waals surface area (Å²) in [4.78, 5) is 18.4. The van der Waals surface area contributed by atoms with E-state index in [9.17, 15) is 4.79 Å². The Morgan fingerprint density at radius 1 is 1.23 bits per heavy atom. The molecule has 1 amide bonds. The molecule has 0 unspecified atom stereocenters. The number of amides is 1. The molecule has 138 valence electrons. The monoisotopic (exact) mass is 354 g/mol. The van der Waals surface area contributed by atoms with Crippen molar-refractivity contribution in [1.29, 1.82) is 0 Å². The lowest BCUT2D eigenvalue weighted by molar-refractivity contribution is -0.125. The number of anilines is 2. The lowest BCUT2D eigenvalue weighted by atomic mass is 9.96. The first-order chi connectivity index (χ1) is 12.8. The molecule has 0 radical (unpaired) electrons. The lowest BCUT2D eigenvalue weighted by Crippen LogP contribution is -2.41. The van der Waals surface area contributed by atoms with Crippen LogP contribution in [0.15, 0.2) is 36.7 Å². The van der Waals surface area contributed by atoms with Crippen LogP contribution in [0.4, 0.5) is 11.6 Å². The van der Waals surface area contributed by atoms with Crippen LogP contribution in [0.5, 0.6) is 0 Å². The fraction of sp³-hybridized carbons (Fsp3) is 0.474. The third-order valence-electron chi connectivity index (χ3n) is 4.59. The number of carbonyl (C=O) groups excluding carboxylic acids is 1. The Hall–Kier alpha value is -2.70. The quantitative estimate of drug-likeness (QED) is 0.793. The summed E-state index contributed by atoms with van der Waals surface area (Å²) in [5.74, 6) is 1.91. The summed E-state index contributed by atoms with van der Waals surface area (Å²) in [6.45, 7) is 5.16. The van der Waals surface area contributed by atoms with E-state index in [0.29, 0.717) is 6.54 Å². The fourth-order valence-electron chi connectivity index (χ4n) is 3.05. The standard InChI is InChI=1S/C19H26N6O/c1-2-9-21-19(26)16-7-11-25(12-8-16)18-6-5-17(23-24-18)22-14-15-4-3-10-20-13-15/h3-6,10,13,16H,2,7-9,11-12,14H2,1H3,(H,21,26)(H,22,23). The smallest absolute Gasteiger partial charge is 0.223 e. The van der Waals surface area contributed by atoms with Gasteiger partial charge in [0.1, 0.15) is 5.82 Å². The molecule has 26 heavy (non-hydrogen) atoms. The van der Waals surface area contributed by atoms with E-state index in [1.165, 1.54) is 0 Å². The first-order valence-electron chi connectivity index (χ1n) is 9.25. The van der Waals surface area contributed by atoms with Gasteiger partial charge < -0.3 is 15.5 Å². The molecule has 2 N–H and O–H groups in total. The summed E-state index contributed by atoms with van der Waals surface area (Å²) in [7, 11) is 0. The summed E-state index contributed by atoms with van der Waals surface area (Å²) in [5.41, 5.74) is 1.10. The van der Waals surface area contributed by atoms with Gasteiger partial charge in [0.15, 0.2) is 5.82 Å². The molecule has 0 aliphatic carbocycles. The second-order valence-electron chi connectivity index (χ2n) is 6.54. The minimum Gasteiger partial charge on any atom is -0.364 e. The Bertz CT molecular complexity index is 683. The molecule has 7 nitrogen and oxygen atoms in total. The molecule has 3 heterocycles. The molecule has 7 heteroatoms. The van der Waals surface area contributed by atoms with Crippen molar-refractivity contribution in [2.75, 3.05) is 29.9 Å². The van der Waals surface area contributed by atoms with Gasteiger partial charge in [0, 0.05) is 44.5 Å². The zero-order valence-electron chi connectivity index (χ0n) is 15.2. The number of carbonyl (C=O) groups is 1. The molecule has 2 aromatic rings. The molecule has 2 aromatic heterocycles. The largest absolute Gasteiger partial charge is 0.364 e. The van der Waals surface area contributed by atoms with Gasteiger partial charge in [-0.2, -0.15) is 0 Å². The maximum Gasteiger partial charge on any atom is 0.223 e. The maximum absolute atomic E-state index is 12.1. The van der Waals surface area contributed by atoms with E-state index in [1.807, 2.05) is 30.5 Å². The molecule has 0 spiro atoms. The van der Waals surface area contributed by atoms with Crippen LogP contribution in [0, 0.1) is 5.92 Å². The van der Waals surface area contributed by atoms with E-state index in [1.54, 1.807) is 6.20 Å². The number of hydrogen-bond donors (Lipinski definition) is 2. The first-order valence-corrected chi connectivity index (χ1v) is 9.25. The van der Waals surface area contributed by atoms with E-state index in [4.69, 9.17) is 0 Å². The minimum atomic E-state index is 0.117. The Morgan fingerprint density at radius 2 is 2.08 bits per heavy atom. The van der Waals surface area contributed by atoms with Gasteiger partial charge in [0.05, 0.1) is 0 Å². The van der Waals surface area contributed by atoms with Gasteiger partial charge in [-0.25, -0.2) is 0 Å². The fourth-order valence-corrected chi connectivity index (χ4v) is 3.05. The lowest BCUT2D eigenvalue weighted by Gasteiger charge is -2.31.